The van der Waals surface area contributed by atoms with Crippen molar-refractivity contribution in [2.75, 3.05) is 13.1 Å². The van der Waals surface area contributed by atoms with Crippen LogP contribution in [-0.2, 0) is 11.8 Å². The number of aliphatic hydroxyl groups excluding tert-OH is 1. The number of hydrogen-bond acceptors (Lipinski definition) is 4. The molecule has 128 valence electrons. The van der Waals surface area contributed by atoms with Gasteiger partial charge in [-0.05, 0) is 44.0 Å². The fourth-order valence-corrected chi connectivity index (χ4v) is 6.31. The van der Waals surface area contributed by atoms with Crippen molar-refractivity contribution in [3.63, 3.8) is 0 Å². The van der Waals surface area contributed by atoms with Crippen molar-refractivity contribution >= 4 is 15.9 Å². The molecule has 1 aromatic rings. The third-order valence-electron chi connectivity index (χ3n) is 6.57. The van der Waals surface area contributed by atoms with Crippen LogP contribution in [0.15, 0.2) is 22.7 Å². The average Bonchev–Trinajstić information content (AvgIpc) is 2.90. The summed E-state index contributed by atoms with van der Waals surface area (Å²) in [6.45, 7) is 4.37. The lowest BCUT2D eigenvalue weighted by Gasteiger charge is -2.57. The van der Waals surface area contributed by atoms with E-state index in [1.807, 2.05) is 6.08 Å². The van der Waals surface area contributed by atoms with Crippen LogP contribution >= 0.6 is 15.9 Å². The zero-order valence-electron chi connectivity index (χ0n) is 13.7. The Bertz CT molecular complexity index is 749. The lowest BCUT2D eigenvalue weighted by molar-refractivity contribution is -0.0515. The first-order valence-electron chi connectivity index (χ1n) is 8.90. The van der Waals surface area contributed by atoms with Gasteiger partial charge >= 0.3 is 0 Å². The summed E-state index contributed by atoms with van der Waals surface area (Å²) in [6, 6.07) is 2.19. The standard InChI is InChI=1S/C19H22BrNO3/c1-2-6-21-7-5-19-11-3-4-14(22)18(19)24-17-15(23)9-12(20)10(16(17)19)8-13(11)21/h3-4,9,11,13-14,18,22-23H,2,5-8H2,1H3/t11-,13?,14-,18-,19?/m0/s1. The number of rotatable bonds is 2. The van der Waals surface area contributed by atoms with Crippen LogP contribution in [0.4, 0.5) is 0 Å². The average molecular weight is 392 g/mol. The molecule has 2 aliphatic carbocycles. The lowest BCUT2D eigenvalue weighted by Crippen LogP contribution is -2.65. The largest absolute Gasteiger partial charge is 0.504 e. The summed E-state index contributed by atoms with van der Waals surface area (Å²) in [5.41, 5.74) is 2.21. The van der Waals surface area contributed by atoms with Gasteiger partial charge in [0.15, 0.2) is 11.5 Å². The summed E-state index contributed by atoms with van der Waals surface area (Å²) in [4.78, 5) is 2.61. The molecule has 4 aliphatic rings. The van der Waals surface area contributed by atoms with Crippen molar-refractivity contribution in [3.8, 4) is 11.5 Å². The number of hydrogen-bond donors (Lipinski definition) is 2. The van der Waals surface area contributed by atoms with E-state index in [9.17, 15) is 10.2 Å². The Kier molecular flexibility index (Phi) is 3.17. The molecule has 2 bridgehead atoms. The molecule has 24 heavy (non-hydrogen) atoms. The molecule has 2 aliphatic heterocycles. The fraction of sp³-hybridized carbons (Fsp3) is 0.579. The molecule has 4 nitrogen and oxygen atoms in total. The summed E-state index contributed by atoms with van der Waals surface area (Å²) in [5, 5.41) is 21.0. The first-order chi connectivity index (χ1) is 11.6. The second kappa shape index (κ2) is 4.99. The van der Waals surface area contributed by atoms with Crippen LogP contribution in [0.5, 0.6) is 11.5 Å². The third kappa shape index (κ3) is 1.66. The predicted molar refractivity (Wildman–Crippen MR) is 94.5 cm³/mol. The smallest absolute Gasteiger partial charge is 0.165 e. The van der Waals surface area contributed by atoms with Crippen LogP contribution < -0.4 is 4.74 Å². The number of aromatic hydroxyl groups is 1. The molecule has 1 saturated heterocycles. The molecule has 0 radical (unpaired) electrons. The van der Waals surface area contributed by atoms with E-state index in [0.29, 0.717) is 17.7 Å². The summed E-state index contributed by atoms with van der Waals surface area (Å²) in [6.07, 6.45) is 6.30. The third-order valence-corrected chi connectivity index (χ3v) is 7.28. The van der Waals surface area contributed by atoms with E-state index in [0.717, 1.165) is 42.4 Å². The van der Waals surface area contributed by atoms with E-state index in [4.69, 9.17) is 4.74 Å². The van der Waals surface area contributed by atoms with Gasteiger partial charge in [-0.1, -0.05) is 35.0 Å². The van der Waals surface area contributed by atoms with Gasteiger partial charge in [0.05, 0.1) is 0 Å². The van der Waals surface area contributed by atoms with Crippen LogP contribution in [0.1, 0.15) is 30.9 Å². The fourth-order valence-electron chi connectivity index (χ4n) is 5.74. The van der Waals surface area contributed by atoms with Crippen molar-refractivity contribution in [1.82, 2.24) is 4.90 Å². The van der Waals surface area contributed by atoms with E-state index in [2.05, 4.69) is 33.8 Å². The SMILES string of the molecule is CCCN1CCC23c4c5c(Br)cc(O)c4O[C@H]2[C@@H](O)C=C[C@H]3C1C5. The Morgan fingerprint density at radius 3 is 3.04 bits per heavy atom. The highest BCUT2D eigenvalue weighted by Gasteiger charge is 2.64. The van der Waals surface area contributed by atoms with Gasteiger partial charge in [-0.25, -0.2) is 0 Å². The first-order valence-corrected chi connectivity index (χ1v) is 9.69. The van der Waals surface area contributed by atoms with Crippen molar-refractivity contribution in [2.24, 2.45) is 5.92 Å². The molecule has 2 unspecified atom stereocenters. The summed E-state index contributed by atoms with van der Waals surface area (Å²) >= 11 is 3.67. The maximum Gasteiger partial charge on any atom is 0.165 e. The first kappa shape index (κ1) is 15.2. The van der Waals surface area contributed by atoms with E-state index in [1.54, 1.807) is 6.07 Å². The number of ether oxygens (including phenoxy) is 1. The van der Waals surface area contributed by atoms with E-state index in [-0.39, 0.29) is 17.3 Å². The monoisotopic (exact) mass is 391 g/mol. The number of phenols is 1. The minimum absolute atomic E-state index is 0.185. The quantitative estimate of drug-likeness (QED) is 0.761. The number of piperidine rings is 1. The Labute approximate surface area is 150 Å². The summed E-state index contributed by atoms with van der Waals surface area (Å²) in [7, 11) is 0. The molecule has 5 atom stereocenters. The molecule has 0 aromatic heterocycles. The minimum Gasteiger partial charge on any atom is -0.504 e. The van der Waals surface area contributed by atoms with Gasteiger partial charge in [-0.15, -0.1) is 0 Å². The summed E-state index contributed by atoms with van der Waals surface area (Å²) in [5.74, 6) is 1.13. The molecular weight excluding hydrogens is 370 g/mol. The Morgan fingerprint density at radius 1 is 1.42 bits per heavy atom. The summed E-state index contributed by atoms with van der Waals surface area (Å²) < 4.78 is 7.15. The van der Waals surface area contributed by atoms with E-state index < -0.39 is 6.10 Å². The van der Waals surface area contributed by atoms with Gasteiger partial charge in [0.1, 0.15) is 12.2 Å². The molecule has 1 fully saturated rings. The van der Waals surface area contributed by atoms with E-state index in [1.165, 1.54) is 5.56 Å². The predicted octanol–water partition coefficient (Wildman–Crippen LogP) is 2.74. The molecule has 5 heteroatoms. The number of phenolic OH excluding ortho intramolecular Hbond substituents is 1. The maximum atomic E-state index is 10.6. The van der Waals surface area contributed by atoms with Crippen molar-refractivity contribution in [1.29, 1.82) is 0 Å². The zero-order chi connectivity index (χ0) is 16.6. The van der Waals surface area contributed by atoms with Crippen LogP contribution in [0.25, 0.3) is 0 Å². The van der Waals surface area contributed by atoms with Gasteiger partial charge in [0, 0.05) is 27.4 Å². The topological polar surface area (TPSA) is 52.9 Å². The van der Waals surface area contributed by atoms with Crippen molar-refractivity contribution in [3.05, 3.63) is 33.8 Å². The Balaban J connectivity index is 1.77. The normalized spacial score (nSPS) is 38.8. The lowest BCUT2D eigenvalue weighted by atomic mass is 9.53. The number of nitrogens with zero attached hydrogens (tertiary/aromatic N) is 1. The van der Waals surface area contributed by atoms with Crippen LogP contribution in [0.2, 0.25) is 0 Å². The molecule has 2 heterocycles. The molecule has 1 aromatic carbocycles. The van der Waals surface area contributed by atoms with Gasteiger partial charge in [-0.2, -0.15) is 0 Å². The Hall–Kier alpha value is -1.04. The van der Waals surface area contributed by atoms with Gasteiger partial charge in [0.2, 0.25) is 0 Å². The molecule has 0 saturated carbocycles. The zero-order valence-corrected chi connectivity index (χ0v) is 15.3. The van der Waals surface area contributed by atoms with Crippen LogP contribution in [-0.4, -0.2) is 46.5 Å². The van der Waals surface area contributed by atoms with Crippen LogP contribution in [0, 0.1) is 5.92 Å². The molecule has 0 amide bonds. The number of likely N-dealkylation sites (tertiary alicyclic amines) is 1. The van der Waals surface area contributed by atoms with Crippen molar-refractivity contribution < 1.29 is 14.9 Å². The molecule has 5 rings (SSSR count). The van der Waals surface area contributed by atoms with Gasteiger partial charge in [0.25, 0.3) is 0 Å². The number of halogens is 1. The minimum atomic E-state index is -0.615. The highest BCUT2D eigenvalue weighted by Crippen LogP contribution is 2.63. The molecular formula is C19H22BrNO3. The second-order valence-electron chi connectivity index (χ2n) is 7.60. The molecule has 2 N–H and O–H groups in total. The van der Waals surface area contributed by atoms with E-state index >= 15 is 0 Å². The number of benzene rings is 1. The molecule has 1 spiro atoms. The highest BCUT2D eigenvalue weighted by atomic mass is 79.9. The van der Waals surface area contributed by atoms with Crippen LogP contribution in [0.3, 0.4) is 0 Å². The van der Waals surface area contributed by atoms with Gasteiger partial charge < -0.3 is 14.9 Å². The number of aliphatic hydroxyl groups is 1. The highest BCUT2D eigenvalue weighted by molar-refractivity contribution is 9.10. The van der Waals surface area contributed by atoms with Crippen molar-refractivity contribution in [2.45, 2.75) is 49.9 Å². The maximum absolute atomic E-state index is 10.6. The Morgan fingerprint density at radius 2 is 2.25 bits per heavy atom. The second-order valence-corrected chi connectivity index (χ2v) is 8.45. The van der Waals surface area contributed by atoms with Gasteiger partial charge in [-0.3, -0.25) is 4.90 Å².